The Bertz CT molecular complexity index is 140. The summed E-state index contributed by atoms with van der Waals surface area (Å²) in [6.07, 6.45) is 2.41. The monoisotopic (exact) mass is 203 g/mol. The number of hydroxylamine groups is 1. The fourth-order valence-electron chi connectivity index (χ4n) is 0.633. The van der Waals surface area contributed by atoms with Crippen LogP contribution in [-0.2, 0) is 4.53 Å². The molecule has 0 amide bonds. The third-order valence-corrected chi connectivity index (χ3v) is 7.03. The summed E-state index contributed by atoms with van der Waals surface area (Å²) in [6, 6.07) is 0. The predicted octanol–water partition coefficient (Wildman–Crippen LogP) is 3.31. The summed E-state index contributed by atoms with van der Waals surface area (Å²) in [5.41, 5.74) is 3.09. The standard InChI is InChI=1S/C10H25NOSi/c1-7-8-9-11-12-13(5,6)10(2,3)4/h11H,7-9H2,1-6H3. The Kier molecular flexibility index (Phi) is 5.18. The van der Waals surface area contributed by atoms with Crippen LogP contribution in [0.25, 0.3) is 0 Å². The van der Waals surface area contributed by atoms with E-state index in [0.717, 1.165) is 6.54 Å². The van der Waals surface area contributed by atoms with Crippen molar-refractivity contribution in [2.45, 2.75) is 58.7 Å². The number of unbranched alkanes of at least 4 members (excludes halogenated alkanes) is 1. The summed E-state index contributed by atoms with van der Waals surface area (Å²) in [6.45, 7) is 14.4. The predicted molar refractivity (Wildman–Crippen MR) is 61.2 cm³/mol. The summed E-state index contributed by atoms with van der Waals surface area (Å²) < 4.78 is 5.78. The molecular formula is C10H25NOSi. The van der Waals surface area contributed by atoms with E-state index in [9.17, 15) is 0 Å². The lowest BCUT2D eigenvalue weighted by molar-refractivity contribution is 0.172. The van der Waals surface area contributed by atoms with E-state index >= 15 is 0 Å². The van der Waals surface area contributed by atoms with Crippen LogP contribution in [0, 0.1) is 0 Å². The van der Waals surface area contributed by atoms with Gasteiger partial charge < -0.3 is 4.53 Å². The fraction of sp³-hybridized carbons (Fsp3) is 1.00. The summed E-state index contributed by atoms with van der Waals surface area (Å²) >= 11 is 0. The van der Waals surface area contributed by atoms with Crippen LogP contribution >= 0.6 is 0 Å². The second-order valence-corrected chi connectivity index (χ2v) is 9.84. The van der Waals surface area contributed by atoms with Gasteiger partial charge in [-0.15, -0.1) is 0 Å². The molecular weight excluding hydrogens is 178 g/mol. The smallest absolute Gasteiger partial charge is 0.219 e. The van der Waals surface area contributed by atoms with Crippen LogP contribution in [-0.4, -0.2) is 14.9 Å². The van der Waals surface area contributed by atoms with Crippen molar-refractivity contribution in [1.29, 1.82) is 0 Å². The highest BCUT2D eigenvalue weighted by Crippen LogP contribution is 2.35. The zero-order chi connectivity index (χ0) is 10.5. The van der Waals surface area contributed by atoms with E-state index in [1.165, 1.54) is 12.8 Å². The Morgan fingerprint density at radius 3 is 2.15 bits per heavy atom. The lowest BCUT2D eigenvalue weighted by atomic mass is 10.2. The molecule has 3 heteroatoms. The van der Waals surface area contributed by atoms with E-state index in [2.05, 4.69) is 46.3 Å². The van der Waals surface area contributed by atoms with Crippen LogP contribution in [0.5, 0.6) is 0 Å². The average molecular weight is 203 g/mol. The highest BCUT2D eigenvalue weighted by atomic mass is 28.4. The first-order valence-corrected chi connectivity index (χ1v) is 8.13. The summed E-state index contributed by atoms with van der Waals surface area (Å²) in [7, 11) is -1.57. The van der Waals surface area contributed by atoms with E-state index in [1.807, 2.05) is 0 Å². The molecule has 0 aliphatic carbocycles. The first-order valence-electron chi connectivity index (χ1n) is 5.22. The fourth-order valence-corrected chi connectivity index (χ4v) is 1.40. The van der Waals surface area contributed by atoms with Crippen molar-refractivity contribution in [3.05, 3.63) is 0 Å². The molecule has 0 aliphatic rings. The van der Waals surface area contributed by atoms with Gasteiger partial charge in [0.15, 0.2) is 0 Å². The lowest BCUT2D eigenvalue weighted by Crippen LogP contribution is -2.45. The molecule has 0 radical (unpaired) electrons. The molecule has 1 N–H and O–H groups in total. The summed E-state index contributed by atoms with van der Waals surface area (Å²) in [5.74, 6) is 0. The molecule has 0 saturated carbocycles. The molecule has 0 rings (SSSR count). The van der Waals surface area contributed by atoms with Gasteiger partial charge >= 0.3 is 0 Å². The minimum Gasteiger partial charge on any atom is -0.345 e. The van der Waals surface area contributed by atoms with Crippen molar-refractivity contribution in [2.75, 3.05) is 6.54 Å². The van der Waals surface area contributed by atoms with Crippen LogP contribution in [0.15, 0.2) is 0 Å². The largest absolute Gasteiger partial charge is 0.345 e. The van der Waals surface area contributed by atoms with Crippen molar-refractivity contribution < 1.29 is 4.53 Å². The van der Waals surface area contributed by atoms with Crippen LogP contribution in [0.2, 0.25) is 18.1 Å². The minimum atomic E-state index is -1.57. The van der Waals surface area contributed by atoms with Crippen molar-refractivity contribution in [3.8, 4) is 0 Å². The van der Waals surface area contributed by atoms with Crippen molar-refractivity contribution >= 4 is 8.32 Å². The molecule has 0 spiro atoms. The zero-order valence-corrected chi connectivity index (χ0v) is 11.0. The number of hydrogen-bond donors (Lipinski definition) is 1. The van der Waals surface area contributed by atoms with Crippen LogP contribution in [0.4, 0.5) is 0 Å². The van der Waals surface area contributed by atoms with Crippen LogP contribution in [0.3, 0.4) is 0 Å². The van der Waals surface area contributed by atoms with Gasteiger partial charge in [0.1, 0.15) is 0 Å². The van der Waals surface area contributed by atoms with Crippen molar-refractivity contribution in [1.82, 2.24) is 5.48 Å². The molecule has 0 aromatic rings. The van der Waals surface area contributed by atoms with E-state index in [-0.39, 0.29) is 0 Å². The first-order chi connectivity index (χ1) is 5.81. The van der Waals surface area contributed by atoms with Gasteiger partial charge in [-0.2, -0.15) is 0 Å². The third-order valence-electron chi connectivity index (χ3n) is 2.77. The second kappa shape index (κ2) is 5.13. The molecule has 0 aromatic heterocycles. The molecule has 80 valence electrons. The minimum absolute atomic E-state index is 0.298. The summed E-state index contributed by atoms with van der Waals surface area (Å²) in [4.78, 5) is 0. The Morgan fingerprint density at radius 2 is 1.77 bits per heavy atom. The normalized spacial score (nSPS) is 13.4. The molecule has 0 heterocycles. The van der Waals surface area contributed by atoms with Gasteiger partial charge in [0.05, 0.1) is 0 Å². The van der Waals surface area contributed by atoms with Gasteiger partial charge in [-0.3, -0.25) is 0 Å². The highest BCUT2D eigenvalue weighted by Gasteiger charge is 2.37. The third kappa shape index (κ3) is 4.79. The molecule has 0 unspecified atom stereocenters. The van der Waals surface area contributed by atoms with Crippen LogP contribution < -0.4 is 5.48 Å². The molecule has 0 aliphatic heterocycles. The maximum absolute atomic E-state index is 5.78. The molecule has 2 nitrogen and oxygen atoms in total. The first kappa shape index (κ1) is 13.1. The maximum atomic E-state index is 5.78. The SMILES string of the molecule is CCCCNO[Si](C)(C)C(C)(C)C. The summed E-state index contributed by atoms with van der Waals surface area (Å²) in [5, 5.41) is 0.298. The molecule has 0 saturated heterocycles. The lowest BCUT2D eigenvalue weighted by Gasteiger charge is -2.35. The molecule has 0 atom stereocenters. The van der Waals surface area contributed by atoms with E-state index in [4.69, 9.17) is 4.53 Å². The van der Waals surface area contributed by atoms with E-state index in [0.29, 0.717) is 5.04 Å². The van der Waals surface area contributed by atoms with Crippen molar-refractivity contribution in [3.63, 3.8) is 0 Å². The van der Waals surface area contributed by atoms with E-state index < -0.39 is 8.32 Å². The molecule has 0 bridgehead atoms. The molecule has 0 fully saturated rings. The Hall–Kier alpha value is 0.137. The number of hydrogen-bond acceptors (Lipinski definition) is 2. The topological polar surface area (TPSA) is 21.3 Å². The maximum Gasteiger partial charge on any atom is 0.219 e. The van der Waals surface area contributed by atoms with Crippen molar-refractivity contribution in [2.24, 2.45) is 0 Å². The van der Waals surface area contributed by atoms with Gasteiger partial charge in [-0.05, 0) is 24.6 Å². The quantitative estimate of drug-likeness (QED) is 0.420. The Labute approximate surface area is 84.1 Å². The number of nitrogens with one attached hydrogen (secondary N) is 1. The Balaban J connectivity index is 3.77. The van der Waals surface area contributed by atoms with Gasteiger partial charge in [0.2, 0.25) is 8.32 Å². The van der Waals surface area contributed by atoms with Gasteiger partial charge in [0, 0.05) is 6.54 Å². The zero-order valence-electron chi connectivity index (χ0n) is 10.0. The van der Waals surface area contributed by atoms with Crippen LogP contribution in [0.1, 0.15) is 40.5 Å². The van der Waals surface area contributed by atoms with Gasteiger partial charge in [-0.25, -0.2) is 5.48 Å². The van der Waals surface area contributed by atoms with Gasteiger partial charge in [-0.1, -0.05) is 34.1 Å². The second-order valence-electron chi connectivity index (χ2n) is 5.11. The van der Waals surface area contributed by atoms with E-state index in [1.54, 1.807) is 0 Å². The number of rotatable bonds is 5. The highest BCUT2D eigenvalue weighted by molar-refractivity contribution is 6.74. The average Bonchev–Trinajstić information content (AvgIpc) is 1.96. The molecule has 13 heavy (non-hydrogen) atoms. The van der Waals surface area contributed by atoms with Gasteiger partial charge in [0.25, 0.3) is 0 Å². The Morgan fingerprint density at radius 1 is 1.23 bits per heavy atom. The molecule has 0 aromatic carbocycles.